The minimum atomic E-state index is 0. The van der Waals surface area contributed by atoms with Crippen LogP contribution >= 0.6 is 8.02 Å². The topological polar surface area (TPSA) is 0 Å². The van der Waals surface area contributed by atoms with Gasteiger partial charge in [-0.1, -0.05) is 11.8 Å². The summed E-state index contributed by atoms with van der Waals surface area (Å²) in [5.74, 6) is 0. The van der Waals surface area contributed by atoms with Gasteiger partial charge in [0, 0.05) is 0 Å². The summed E-state index contributed by atoms with van der Waals surface area (Å²) in [4.78, 5) is 0. The summed E-state index contributed by atoms with van der Waals surface area (Å²) in [6, 6.07) is 0. The standard InChI is InChI=1S/GeH4.Li.HPS.H/c;;1-2;/h1H4;;1H;/q;+1;;-1. The van der Waals surface area contributed by atoms with Gasteiger partial charge in [0.15, 0.2) is 0 Å². The third-order valence-electron chi connectivity index (χ3n) is 0. The minimum absolute atomic E-state index is 0. The van der Waals surface area contributed by atoms with Crippen molar-refractivity contribution < 1.29 is 20.3 Å². The predicted molar refractivity (Wildman–Crippen MR) is 28.1 cm³/mol. The van der Waals surface area contributed by atoms with E-state index in [9.17, 15) is 0 Å². The molecule has 0 aliphatic carbocycles. The van der Waals surface area contributed by atoms with Gasteiger partial charge < -0.3 is 1.43 Å². The molecule has 0 saturated heterocycles. The maximum Gasteiger partial charge on any atom is 1.00 e. The Morgan fingerprint density at radius 1 is 1.50 bits per heavy atom. The van der Waals surface area contributed by atoms with Crippen molar-refractivity contribution in [1.82, 2.24) is 0 Å². The van der Waals surface area contributed by atoms with Crippen LogP contribution in [0.25, 0.3) is 0 Å². The van der Waals surface area contributed by atoms with Crippen molar-refractivity contribution in [2.45, 2.75) is 0 Å². The second-order valence-corrected chi connectivity index (χ2v) is 0. The summed E-state index contributed by atoms with van der Waals surface area (Å²) >= 11 is 3.89. The summed E-state index contributed by atoms with van der Waals surface area (Å²) in [7, 11) is 2.56. The van der Waals surface area contributed by atoms with Gasteiger partial charge in [0.1, 0.15) is 0 Å². The van der Waals surface area contributed by atoms with Gasteiger partial charge in [-0.05, 0) is 8.02 Å². The van der Waals surface area contributed by atoms with Crippen molar-refractivity contribution in [2.24, 2.45) is 0 Å². The quantitative estimate of drug-likeness (QED) is 0.251. The Morgan fingerprint density at radius 3 is 1.50 bits per heavy atom. The summed E-state index contributed by atoms with van der Waals surface area (Å²) in [6.45, 7) is 0. The van der Waals surface area contributed by atoms with E-state index in [2.05, 4.69) is 19.8 Å². The zero-order valence-corrected chi connectivity index (χ0v) is 3.72. The molecule has 0 rings (SSSR count). The second kappa shape index (κ2) is 22.7. The van der Waals surface area contributed by atoms with Crippen LogP contribution in [0.4, 0.5) is 0 Å². The van der Waals surface area contributed by atoms with Gasteiger partial charge in [-0.2, -0.15) is 0 Å². The molecule has 4 heteroatoms. The zero-order valence-electron chi connectivity index (χ0n) is 2.91. The van der Waals surface area contributed by atoms with Crippen LogP contribution in [0.2, 0.25) is 0 Å². The Bertz CT molecular complexity index is 11.6. The van der Waals surface area contributed by atoms with Gasteiger partial charge in [-0.15, -0.1) is 0 Å². The van der Waals surface area contributed by atoms with Gasteiger partial charge in [-0.25, -0.2) is 0 Å². The fourth-order valence-electron chi connectivity index (χ4n) is 0. The molecule has 0 aromatic carbocycles. The van der Waals surface area contributed by atoms with E-state index in [0.29, 0.717) is 0 Å². The number of rotatable bonds is 0. The van der Waals surface area contributed by atoms with Gasteiger partial charge in [-0.3, -0.25) is 0 Å². The number of hydrogen-bond acceptors (Lipinski definition) is 1. The van der Waals surface area contributed by atoms with Crippen LogP contribution in [-0.2, 0) is 11.8 Å². The molecule has 0 bridgehead atoms. The molecule has 0 heterocycles. The molecular weight excluding hydrogens is 143 g/mol. The van der Waals surface area contributed by atoms with E-state index >= 15 is 0 Å². The average molecular weight is 149 g/mol. The summed E-state index contributed by atoms with van der Waals surface area (Å²) in [5, 5.41) is 0. The van der Waals surface area contributed by atoms with E-state index in [-0.39, 0.29) is 37.9 Å². The smallest absolute Gasteiger partial charge is 1.00 e. The summed E-state index contributed by atoms with van der Waals surface area (Å²) in [6.07, 6.45) is 0. The fraction of sp³-hybridized carbons (Fsp3) is 0. The Labute approximate surface area is 57.6 Å². The molecule has 0 fully saturated rings. The molecule has 0 aliphatic heterocycles. The normalized spacial score (nSPS) is 1.00. The van der Waals surface area contributed by atoms with E-state index in [4.69, 9.17) is 0 Å². The van der Waals surface area contributed by atoms with Gasteiger partial charge in [0.2, 0.25) is 0 Å². The van der Waals surface area contributed by atoms with Crippen LogP contribution in [0.5, 0.6) is 0 Å². The molecule has 0 nitrogen and oxygen atoms in total. The van der Waals surface area contributed by atoms with Crippen molar-refractivity contribution in [3.63, 3.8) is 0 Å². The zero-order chi connectivity index (χ0) is 2.00. The molecule has 0 aromatic heterocycles. The largest absolute Gasteiger partial charge is 1.00 e. The Hall–Kier alpha value is 1.66. The maximum absolute atomic E-state index is 3.89. The van der Waals surface area contributed by atoms with Gasteiger partial charge in [0.25, 0.3) is 0 Å². The molecule has 0 spiro atoms. The first-order valence-corrected chi connectivity index (χ1v) is 1.84. The molecular formula is H6GeLiPS. The molecule has 0 unspecified atom stereocenters. The molecule has 22 valence electrons. The fourth-order valence-corrected chi connectivity index (χ4v) is 0. The third-order valence-corrected chi connectivity index (χ3v) is 0. The van der Waals surface area contributed by atoms with Crippen molar-refractivity contribution in [1.29, 1.82) is 0 Å². The van der Waals surface area contributed by atoms with Crippen LogP contribution < -0.4 is 18.9 Å². The molecule has 0 saturated carbocycles. The van der Waals surface area contributed by atoms with E-state index in [0.717, 1.165) is 0 Å². The SMILES string of the molecule is P=S.[GeH4].[H-].[Li+]. The van der Waals surface area contributed by atoms with E-state index in [1.165, 1.54) is 0 Å². The molecule has 4 heavy (non-hydrogen) atoms. The van der Waals surface area contributed by atoms with E-state index in [1.807, 2.05) is 0 Å². The van der Waals surface area contributed by atoms with Gasteiger partial charge in [0.05, 0.1) is 0 Å². The average Bonchev–Trinajstić information content (AvgIpc) is 1.00. The number of hydrogen-bond donors (Lipinski definition) is 0. The van der Waals surface area contributed by atoms with Crippen LogP contribution in [0.1, 0.15) is 1.43 Å². The first kappa shape index (κ1) is 17.4. The second-order valence-electron chi connectivity index (χ2n) is 0. The summed E-state index contributed by atoms with van der Waals surface area (Å²) in [5.41, 5.74) is 0. The summed E-state index contributed by atoms with van der Waals surface area (Å²) < 4.78 is 0. The Morgan fingerprint density at radius 2 is 1.50 bits per heavy atom. The monoisotopic (exact) mass is 150 g/mol. The van der Waals surface area contributed by atoms with Gasteiger partial charge >= 0.3 is 36.5 Å². The van der Waals surface area contributed by atoms with E-state index < -0.39 is 0 Å². The first-order chi connectivity index (χ1) is 1.00. The predicted octanol–water partition coefficient (Wildman–Crippen LogP) is -3.74. The third kappa shape index (κ3) is 9.40. The molecule has 0 N–H and O–H groups in total. The molecule has 0 radical (unpaired) electrons. The molecule has 0 aromatic rings. The molecule has 0 aliphatic rings. The van der Waals surface area contributed by atoms with Crippen LogP contribution in [0, 0.1) is 0 Å². The molecule has 0 amide bonds. The van der Waals surface area contributed by atoms with Crippen molar-refractivity contribution in [2.75, 3.05) is 0 Å². The molecule has 0 atom stereocenters. The Balaban J connectivity index is -0.00000000167. The minimum Gasteiger partial charge on any atom is -1.00 e. The van der Waals surface area contributed by atoms with Crippen LogP contribution in [-0.4, -0.2) is 17.6 Å². The van der Waals surface area contributed by atoms with Crippen LogP contribution in [0.3, 0.4) is 0 Å². The van der Waals surface area contributed by atoms with E-state index in [1.54, 1.807) is 0 Å². The first-order valence-electron chi connectivity index (χ1n) is 0.204. The van der Waals surface area contributed by atoms with Crippen molar-refractivity contribution in [3.8, 4) is 0 Å². The maximum atomic E-state index is 3.89. The van der Waals surface area contributed by atoms with Crippen molar-refractivity contribution in [3.05, 3.63) is 0 Å². The van der Waals surface area contributed by atoms with Crippen LogP contribution in [0.15, 0.2) is 0 Å². The Kier molecular flexibility index (Phi) is 98.4. The van der Waals surface area contributed by atoms with Crippen molar-refractivity contribution >= 4 is 37.4 Å².